The molecule has 0 aromatic rings. The van der Waals surface area contributed by atoms with Crippen LogP contribution in [-0.4, -0.2) is 129 Å². The third kappa shape index (κ3) is 14.8. The average Bonchev–Trinajstić information content (AvgIpc) is 2.24. The quantitative estimate of drug-likeness (QED) is 0.169. The smallest absolute Gasteiger partial charge is 0.0819 e. The summed E-state index contributed by atoms with van der Waals surface area (Å²) >= 11 is 0. The van der Waals surface area contributed by atoms with Gasteiger partial charge in [-0.3, -0.25) is 0 Å². The van der Waals surface area contributed by atoms with Crippen LogP contribution >= 0.6 is 0 Å². The summed E-state index contributed by atoms with van der Waals surface area (Å²) in [7, 11) is 28.3. The number of hydrogen-bond donors (Lipinski definition) is 0. The van der Waals surface area contributed by atoms with E-state index in [0.29, 0.717) is 0 Å². The molecule has 1 rings (SSSR count). The second-order valence-corrected chi connectivity index (χ2v) is 12.5. The monoisotopic (exact) mass is 852 g/mol. The van der Waals surface area contributed by atoms with Crippen LogP contribution in [-0.2, 0) is 0 Å². The van der Waals surface area contributed by atoms with E-state index in [1.54, 1.807) is 0 Å². The van der Waals surface area contributed by atoms with Gasteiger partial charge in [0.25, 0.3) is 0 Å². The Hall–Kier alpha value is 2.76. The zero-order chi connectivity index (χ0) is 19.1. The normalized spacial score (nSPS) is 25.3. The molecule has 0 saturated heterocycles. The number of quaternary nitrogens is 4. The molecule has 0 N–H and O–H groups in total. The Morgan fingerprint density at radius 1 is 0.321 bits per heavy atom. The Bertz CT molecular complexity index is 332. The lowest BCUT2D eigenvalue weighted by molar-refractivity contribution is -0.903. The predicted octanol–water partition coefficient (Wildman–Crippen LogP) is -10.7. The zero-order valence-electron chi connectivity index (χ0n) is 20.4. The van der Waals surface area contributed by atoms with E-state index in [0.717, 1.165) is 41.6 Å². The standard InChI is InChI=1S/C20H48N4.4HI/c1-21(2,3)13-17-18(14-22(4,5)6)20(16-24(10,11)12)19(17)15-23(7,8)9;;;;/h17-20H,13-16H2,1-12H3;4*1H/q+4;;;;/p-4. The van der Waals surface area contributed by atoms with E-state index in [4.69, 9.17) is 0 Å². The van der Waals surface area contributed by atoms with Crippen molar-refractivity contribution in [3.63, 3.8) is 0 Å². The molecule has 0 unspecified atom stereocenters. The maximum absolute atomic E-state index is 2.36. The van der Waals surface area contributed by atoms with Gasteiger partial charge in [0, 0.05) is 23.7 Å². The van der Waals surface area contributed by atoms with Gasteiger partial charge in [0.1, 0.15) is 0 Å². The first-order valence-corrected chi connectivity index (χ1v) is 9.60. The molecule has 0 aromatic heterocycles. The van der Waals surface area contributed by atoms with Gasteiger partial charge in [-0.1, -0.05) is 0 Å². The number of hydrogen-bond acceptors (Lipinski definition) is 0. The molecule has 0 spiro atoms. The van der Waals surface area contributed by atoms with Gasteiger partial charge in [-0.2, -0.15) is 0 Å². The lowest BCUT2D eigenvalue weighted by Gasteiger charge is -2.56. The Labute approximate surface area is 245 Å². The van der Waals surface area contributed by atoms with Gasteiger partial charge in [0.2, 0.25) is 0 Å². The van der Waals surface area contributed by atoms with Crippen molar-refractivity contribution in [1.29, 1.82) is 0 Å². The van der Waals surface area contributed by atoms with Crippen molar-refractivity contribution in [2.75, 3.05) is 111 Å². The zero-order valence-corrected chi connectivity index (χ0v) is 29.1. The predicted molar refractivity (Wildman–Crippen MR) is 106 cm³/mol. The fourth-order valence-corrected chi connectivity index (χ4v) is 4.74. The van der Waals surface area contributed by atoms with Crippen LogP contribution in [0.25, 0.3) is 0 Å². The Kier molecular flexibility index (Phi) is 18.3. The fourth-order valence-electron chi connectivity index (χ4n) is 4.74. The van der Waals surface area contributed by atoms with Gasteiger partial charge < -0.3 is 114 Å². The van der Waals surface area contributed by atoms with E-state index >= 15 is 0 Å². The largest absolute Gasteiger partial charge is 1.00 e. The molecule has 0 aromatic carbocycles. The summed E-state index contributed by atoms with van der Waals surface area (Å²) in [5.74, 6) is 3.43. The van der Waals surface area contributed by atoms with Crippen LogP contribution in [0.1, 0.15) is 0 Å². The van der Waals surface area contributed by atoms with Crippen molar-refractivity contribution < 1.29 is 114 Å². The summed E-state index contributed by atoms with van der Waals surface area (Å²) in [6.45, 7) is 5.23. The molecule has 0 radical (unpaired) electrons. The highest BCUT2D eigenvalue weighted by Crippen LogP contribution is 2.49. The minimum atomic E-state index is 0. The van der Waals surface area contributed by atoms with Crippen molar-refractivity contribution in [1.82, 2.24) is 0 Å². The van der Waals surface area contributed by atoms with Crippen LogP contribution in [0, 0.1) is 23.7 Å². The second kappa shape index (κ2) is 13.5. The third-order valence-corrected chi connectivity index (χ3v) is 5.23. The molecule has 8 heteroatoms. The maximum atomic E-state index is 2.36. The summed E-state index contributed by atoms with van der Waals surface area (Å²) in [5, 5.41) is 0. The highest BCUT2D eigenvalue weighted by Gasteiger charge is 2.57. The minimum absolute atomic E-state index is 0. The highest BCUT2D eigenvalue weighted by molar-refractivity contribution is 4.97. The van der Waals surface area contributed by atoms with Crippen LogP contribution in [0.4, 0.5) is 0 Å². The van der Waals surface area contributed by atoms with Crippen LogP contribution in [0.2, 0.25) is 0 Å². The van der Waals surface area contributed by atoms with Gasteiger partial charge in [0.15, 0.2) is 0 Å². The summed E-state index contributed by atoms with van der Waals surface area (Å²) in [6, 6.07) is 0. The second-order valence-electron chi connectivity index (χ2n) is 12.5. The van der Waals surface area contributed by atoms with Crippen molar-refractivity contribution in [2.45, 2.75) is 0 Å². The maximum Gasteiger partial charge on any atom is 0.0819 e. The molecule has 4 nitrogen and oxygen atoms in total. The highest BCUT2D eigenvalue weighted by atomic mass is 127. The van der Waals surface area contributed by atoms with E-state index in [9.17, 15) is 0 Å². The molecule has 0 amide bonds. The summed E-state index contributed by atoms with van der Waals surface area (Å²) < 4.78 is 4.35. The van der Waals surface area contributed by atoms with E-state index < -0.39 is 0 Å². The van der Waals surface area contributed by atoms with Gasteiger partial charge in [0.05, 0.1) is 111 Å². The molecule has 1 fully saturated rings. The Morgan fingerprint density at radius 3 is 0.500 bits per heavy atom. The average molecular weight is 852 g/mol. The summed E-state index contributed by atoms with van der Waals surface area (Å²) in [5.41, 5.74) is 0. The van der Waals surface area contributed by atoms with Crippen molar-refractivity contribution in [3.05, 3.63) is 0 Å². The molecular weight excluding hydrogens is 804 g/mol. The van der Waals surface area contributed by atoms with Gasteiger partial charge >= 0.3 is 0 Å². The number of halogens is 4. The molecule has 28 heavy (non-hydrogen) atoms. The Morgan fingerprint density at radius 2 is 0.429 bits per heavy atom. The third-order valence-electron chi connectivity index (χ3n) is 5.23. The van der Waals surface area contributed by atoms with Gasteiger partial charge in [-0.25, -0.2) is 0 Å². The molecule has 0 bridgehead atoms. The van der Waals surface area contributed by atoms with Crippen molar-refractivity contribution in [2.24, 2.45) is 23.7 Å². The van der Waals surface area contributed by atoms with Crippen LogP contribution < -0.4 is 95.9 Å². The lowest BCUT2D eigenvalue weighted by atomic mass is 9.55. The topological polar surface area (TPSA) is 0 Å². The van der Waals surface area contributed by atoms with E-state index in [1.165, 1.54) is 26.2 Å². The number of rotatable bonds is 8. The van der Waals surface area contributed by atoms with E-state index in [2.05, 4.69) is 84.6 Å². The number of nitrogens with zero attached hydrogens (tertiary/aromatic N) is 4. The molecule has 0 aliphatic heterocycles. The SMILES string of the molecule is C[N+](C)(C)CC1C(C[N+](C)(C)C)C(C[N+](C)(C)C)C1C[N+](C)(C)C.[I-].[I-].[I-].[I-]. The first-order chi connectivity index (χ1) is 10.4. The summed E-state index contributed by atoms with van der Waals surface area (Å²) in [6.07, 6.45) is 0. The first-order valence-electron chi connectivity index (χ1n) is 9.60. The van der Waals surface area contributed by atoms with Crippen molar-refractivity contribution in [3.8, 4) is 0 Å². The van der Waals surface area contributed by atoms with E-state index in [-0.39, 0.29) is 95.9 Å². The van der Waals surface area contributed by atoms with Crippen molar-refractivity contribution >= 4 is 0 Å². The van der Waals surface area contributed by atoms with Gasteiger partial charge in [-0.05, 0) is 0 Å². The van der Waals surface area contributed by atoms with Crippen LogP contribution in [0.3, 0.4) is 0 Å². The van der Waals surface area contributed by atoms with Gasteiger partial charge in [-0.15, -0.1) is 0 Å². The molecule has 0 atom stereocenters. The molecule has 1 aliphatic rings. The van der Waals surface area contributed by atoms with E-state index in [1.807, 2.05) is 0 Å². The molecule has 1 saturated carbocycles. The van der Waals surface area contributed by atoms with Crippen LogP contribution in [0.5, 0.6) is 0 Å². The minimum Gasteiger partial charge on any atom is -1.00 e. The molecular formula is C20H48I4N4. The first kappa shape index (κ1) is 38.0. The molecule has 0 heterocycles. The Balaban J connectivity index is -0.000000720. The lowest BCUT2D eigenvalue weighted by Crippen LogP contribution is -3.00. The summed E-state index contributed by atoms with van der Waals surface area (Å²) in [4.78, 5) is 0. The fraction of sp³-hybridized carbons (Fsp3) is 1.00. The molecule has 176 valence electrons. The van der Waals surface area contributed by atoms with Crippen LogP contribution in [0.15, 0.2) is 0 Å². The molecule has 1 aliphatic carbocycles.